The lowest BCUT2D eigenvalue weighted by Gasteiger charge is -2.28. The van der Waals surface area contributed by atoms with Crippen molar-refractivity contribution in [2.75, 3.05) is 4.90 Å². The zero-order valence-electron chi connectivity index (χ0n) is 12.1. The van der Waals surface area contributed by atoms with Crippen LogP contribution in [0, 0.1) is 11.6 Å². The molecule has 1 aliphatic heterocycles. The summed E-state index contributed by atoms with van der Waals surface area (Å²) in [6, 6.07) is 10.5. The lowest BCUT2D eigenvalue weighted by molar-refractivity contribution is -0.122. The molecule has 0 unspecified atom stereocenters. The molecule has 2 aromatic rings. The molecule has 0 aliphatic carbocycles. The van der Waals surface area contributed by atoms with Gasteiger partial charge in [0, 0.05) is 0 Å². The van der Waals surface area contributed by atoms with Gasteiger partial charge < -0.3 is 0 Å². The predicted molar refractivity (Wildman–Crippen MR) is 89.0 cm³/mol. The Kier molecular flexibility index (Phi) is 4.18. The van der Waals surface area contributed by atoms with Crippen molar-refractivity contribution in [1.29, 1.82) is 0 Å². The second kappa shape index (κ2) is 6.29. The molecular formula is C17H10F2N2O2S. The van der Waals surface area contributed by atoms with E-state index in [4.69, 9.17) is 12.2 Å². The van der Waals surface area contributed by atoms with E-state index in [2.05, 4.69) is 5.32 Å². The summed E-state index contributed by atoms with van der Waals surface area (Å²) in [5, 5.41) is 2.33. The van der Waals surface area contributed by atoms with Crippen LogP contribution in [0.2, 0.25) is 0 Å². The number of nitrogens with zero attached hydrogens (tertiary/aromatic N) is 1. The first-order chi connectivity index (χ1) is 11.5. The zero-order valence-corrected chi connectivity index (χ0v) is 12.9. The second-order valence-electron chi connectivity index (χ2n) is 4.99. The topological polar surface area (TPSA) is 49.4 Å². The van der Waals surface area contributed by atoms with E-state index in [0.29, 0.717) is 11.3 Å². The number of halogens is 2. The Labute approximate surface area is 141 Å². The van der Waals surface area contributed by atoms with Crippen LogP contribution < -0.4 is 10.2 Å². The third kappa shape index (κ3) is 3.07. The Morgan fingerprint density at radius 1 is 0.917 bits per heavy atom. The molecule has 1 N–H and O–H groups in total. The predicted octanol–water partition coefficient (Wildman–Crippen LogP) is 2.80. The lowest BCUT2D eigenvalue weighted by Crippen LogP contribution is -2.54. The normalized spacial score (nSPS) is 16.5. The number of benzene rings is 2. The number of carbonyl (C=O) groups excluding carboxylic acids is 2. The summed E-state index contributed by atoms with van der Waals surface area (Å²) in [5.41, 5.74) is 0.665. The highest BCUT2D eigenvalue weighted by atomic mass is 32.1. The molecule has 1 saturated heterocycles. The van der Waals surface area contributed by atoms with E-state index >= 15 is 0 Å². The number of nitrogens with one attached hydrogen (secondary N) is 1. The Hall–Kier alpha value is -2.93. The lowest BCUT2D eigenvalue weighted by atomic mass is 10.1. The summed E-state index contributed by atoms with van der Waals surface area (Å²) in [7, 11) is 0. The first kappa shape index (κ1) is 15.9. The van der Waals surface area contributed by atoms with Crippen LogP contribution in [0.25, 0.3) is 6.08 Å². The molecule has 1 aliphatic rings. The molecule has 7 heteroatoms. The molecule has 120 valence electrons. The first-order valence-corrected chi connectivity index (χ1v) is 7.29. The summed E-state index contributed by atoms with van der Waals surface area (Å²) < 4.78 is 26.0. The van der Waals surface area contributed by atoms with E-state index in [1.165, 1.54) is 54.6 Å². The van der Waals surface area contributed by atoms with Crippen molar-refractivity contribution in [3.8, 4) is 0 Å². The van der Waals surface area contributed by atoms with Gasteiger partial charge in [-0.3, -0.25) is 19.8 Å². The Bertz CT molecular complexity index is 861. The highest BCUT2D eigenvalue weighted by Crippen LogP contribution is 2.22. The molecule has 0 bridgehead atoms. The molecule has 0 spiro atoms. The van der Waals surface area contributed by atoms with Gasteiger partial charge in [0.2, 0.25) is 0 Å². The number of amides is 2. The summed E-state index contributed by atoms with van der Waals surface area (Å²) in [4.78, 5) is 25.8. The quantitative estimate of drug-likeness (QED) is 0.518. The van der Waals surface area contributed by atoms with E-state index in [0.717, 1.165) is 4.90 Å². The standard InChI is InChI=1S/C17H10F2N2O2S/c18-11-3-1-10(2-4-11)9-14-15(22)20-17(24)21(16(14)23)13-7-5-12(19)6-8-13/h1-9H,(H,20,22,24)/b14-9+. The van der Waals surface area contributed by atoms with Crippen LogP contribution in [-0.4, -0.2) is 16.9 Å². The average molecular weight is 344 g/mol. The van der Waals surface area contributed by atoms with Gasteiger partial charge in [0.25, 0.3) is 11.8 Å². The Morgan fingerprint density at radius 3 is 2.04 bits per heavy atom. The van der Waals surface area contributed by atoms with Gasteiger partial charge in [-0.1, -0.05) is 12.1 Å². The summed E-state index contributed by atoms with van der Waals surface area (Å²) in [5.74, 6) is -2.17. The minimum absolute atomic E-state index is 0.0899. The molecule has 4 nitrogen and oxygen atoms in total. The highest BCUT2D eigenvalue weighted by Gasteiger charge is 2.34. The number of rotatable bonds is 2. The summed E-state index contributed by atoms with van der Waals surface area (Å²) >= 11 is 5.03. The smallest absolute Gasteiger partial charge is 0.270 e. The second-order valence-corrected chi connectivity index (χ2v) is 5.37. The van der Waals surface area contributed by atoms with Gasteiger partial charge in [-0.2, -0.15) is 0 Å². The van der Waals surface area contributed by atoms with E-state index < -0.39 is 23.4 Å². The minimum atomic E-state index is -0.646. The molecule has 0 radical (unpaired) electrons. The molecule has 2 aromatic carbocycles. The average Bonchev–Trinajstić information content (AvgIpc) is 2.55. The van der Waals surface area contributed by atoms with E-state index in [-0.39, 0.29) is 10.7 Å². The fourth-order valence-corrected chi connectivity index (χ4v) is 2.49. The third-order valence-corrected chi connectivity index (χ3v) is 3.65. The first-order valence-electron chi connectivity index (χ1n) is 6.88. The summed E-state index contributed by atoms with van der Waals surface area (Å²) in [6.45, 7) is 0. The van der Waals surface area contributed by atoms with E-state index in [1.807, 2.05) is 0 Å². The van der Waals surface area contributed by atoms with Crippen molar-refractivity contribution in [3.63, 3.8) is 0 Å². The van der Waals surface area contributed by atoms with Crippen LogP contribution in [0.3, 0.4) is 0 Å². The van der Waals surface area contributed by atoms with E-state index in [1.54, 1.807) is 0 Å². The van der Waals surface area contributed by atoms with Crippen LogP contribution in [0.4, 0.5) is 14.5 Å². The van der Waals surface area contributed by atoms with Gasteiger partial charge in [-0.25, -0.2) is 8.78 Å². The van der Waals surface area contributed by atoms with Crippen molar-refractivity contribution in [2.45, 2.75) is 0 Å². The van der Waals surface area contributed by atoms with Gasteiger partial charge in [-0.15, -0.1) is 0 Å². The largest absolute Gasteiger partial charge is 0.298 e. The van der Waals surface area contributed by atoms with Crippen molar-refractivity contribution >= 4 is 40.9 Å². The number of hydrogen-bond acceptors (Lipinski definition) is 3. The van der Waals surface area contributed by atoms with Crippen molar-refractivity contribution in [2.24, 2.45) is 0 Å². The van der Waals surface area contributed by atoms with Crippen LogP contribution in [-0.2, 0) is 9.59 Å². The zero-order chi connectivity index (χ0) is 17.3. The molecule has 2 amide bonds. The number of carbonyl (C=O) groups is 2. The van der Waals surface area contributed by atoms with Crippen LogP contribution in [0.5, 0.6) is 0 Å². The maximum Gasteiger partial charge on any atom is 0.270 e. The summed E-state index contributed by atoms with van der Waals surface area (Å²) in [6.07, 6.45) is 1.34. The fourth-order valence-electron chi connectivity index (χ4n) is 2.21. The fraction of sp³-hybridized carbons (Fsp3) is 0. The highest BCUT2D eigenvalue weighted by molar-refractivity contribution is 7.80. The molecule has 0 aromatic heterocycles. The van der Waals surface area contributed by atoms with Gasteiger partial charge in [0.1, 0.15) is 17.2 Å². The maximum absolute atomic E-state index is 13.1. The van der Waals surface area contributed by atoms with Gasteiger partial charge in [0.15, 0.2) is 5.11 Å². The van der Waals surface area contributed by atoms with Crippen LogP contribution in [0.1, 0.15) is 5.56 Å². The van der Waals surface area contributed by atoms with Gasteiger partial charge in [-0.05, 0) is 60.3 Å². The monoisotopic (exact) mass is 344 g/mol. The molecule has 3 rings (SSSR count). The molecule has 0 saturated carbocycles. The molecule has 1 heterocycles. The third-order valence-electron chi connectivity index (χ3n) is 3.37. The van der Waals surface area contributed by atoms with E-state index in [9.17, 15) is 18.4 Å². The number of anilines is 1. The van der Waals surface area contributed by atoms with Gasteiger partial charge in [0.05, 0.1) is 5.69 Å². The van der Waals surface area contributed by atoms with Crippen molar-refractivity contribution < 1.29 is 18.4 Å². The maximum atomic E-state index is 13.1. The van der Waals surface area contributed by atoms with Crippen LogP contribution >= 0.6 is 12.2 Å². The molecular weight excluding hydrogens is 334 g/mol. The Balaban J connectivity index is 1.99. The molecule has 0 atom stereocenters. The SMILES string of the molecule is O=C1NC(=S)N(c2ccc(F)cc2)C(=O)/C1=C/c1ccc(F)cc1. The van der Waals surface area contributed by atoms with Crippen molar-refractivity contribution in [1.82, 2.24) is 5.32 Å². The Morgan fingerprint density at radius 2 is 1.46 bits per heavy atom. The number of thiocarbonyl (C=S) groups is 1. The number of hydrogen-bond donors (Lipinski definition) is 1. The minimum Gasteiger partial charge on any atom is -0.298 e. The molecule has 24 heavy (non-hydrogen) atoms. The van der Waals surface area contributed by atoms with Crippen LogP contribution in [0.15, 0.2) is 54.1 Å². The van der Waals surface area contributed by atoms with Crippen molar-refractivity contribution in [3.05, 3.63) is 71.3 Å². The molecule has 1 fully saturated rings. The van der Waals surface area contributed by atoms with Gasteiger partial charge >= 0.3 is 0 Å².